The number of rotatable bonds is 4. The predicted octanol–water partition coefficient (Wildman–Crippen LogP) is 2.10. The number of carbonyl (C=O) groups excluding carboxylic acids is 1. The monoisotopic (exact) mass is 292 g/mol. The highest BCUT2D eigenvalue weighted by Crippen LogP contribution is 2.37. The van der Waals surface area contributed by atoms with Crippen LogP contribution in [-0.4, -0.2) is 37.6 Å². The average molecular weight is 292 g/mol. The molecule has 1 aliphatic rings. The fourth-order valence-electron chi connectivity index (χ4n) is 3.02. The second-order valence-corrected chi connectivity index (χ2v) is 5.29. The molecular weight excluding hydrogens is 268 g/mol. The molecule has 0 aromatic heterocycles. The van der Waals surface area contributed by atoms with Gasteiger partial charge < -0.3 is 20.1 Å². The summed E-state index contributed by atoms with van der Waals surface area (Å²) in [5.41, 5.74) is 7.28. The van der Waals surface area contributed by atoms with E-state index in [1.807, 2.05) is 30.0 Å². The molecule has 0 saturated carbocycles. The second kappa shape index (κ2) is 6.80. The number of nitrogens with two attached hydrogens (primary N) is 1. The van der Waals surface area contributed by atoms with E-state index >= 15 is 0 Å². The standard InChI is InChI=1S/C16H24N2O3/c1-4-18-15(19)7-5-6-13(17)16(18)12-10-11(20-2)8-9-14(12)21-3/h8-10,13,16H,4-7,17H2,1-3H3. The van der Waals surface area contributed by atoms with Crippen LogP contribution in [0.5, 0.6) is 11.5 Å². The van der Waals surface area contributed by atoms with Crippen molar-refractivity contribution in [2.75, 3.05) is 20.8 Å². The van der Waals surface area contributed by atoms with Crippen molar-refractivity contribution in [1.82, 2.24) is 4.90 Å². The molecule has 5 heteroatoms. The molecule has 1 heterocycles. The average Bonchev–Trinajstić information content (AvgIpc) is 2.64. The van der Waals surface area contributed by atoms with E-state index in [-0.39, 0.29) is 18.0 Å². The molecule has 21 heavy (non-hydrogen) atoms. The van der Waals surface area contributed by atoms with Gasteiger partial charge in [-0.05, 0) is 38.0 Å². The van der Waals surface area contributed by atoms with Gasteiger partial charge in [0.05, 0.1) is 20.3 Å². The first-order valence-electron chi connectivity index (χ1n) is 7.39. The third-order valence-corrected chi connectivity index (χ3v) is 4.09. The first kappa shape index (κ1) is 15.6. The van der Waals surface area contributed by atoms with E-state index in [1.165, 1.54) is 0 Å². The van der Waals surface area contributed by atoms with Crippen LogP contribution in [-0.2, 0) is 4.79 Å². The number of likely N-dealkylation sites (N-methyl/N-ethyl adjacent to an activating group) is 1. The van der Waals surface area contributed by atoms with E-state index in [9.17, 15) is 4.79 Å². The van der Waals surface area contributed by atoms with Crippen LogP contribution in [0.15, 0.2) is 18.2 Å². The number of nitrogens with zero attached hydrogens (tertiary/aromatic N) is 1. The molecular formula is C16H24N2O3. The van der Waals surface area contributed by atoms with Crippen molar-refractivity contribution in [3.05, 3.63) is 23.8 Å². The van der Waals surface area contributed by atoms with Crippen LogP contribution >= 0.6 is 0 Å². The van der Waals surface area contributed by atoms with Gasteiger partial charge in [-0.25, -0.2) is 0 Å². The summed E-state index contributed by atoms with van der Waals surface area (Å²) in [6.45, 7) is 2.62. The van der Waals surface area contributed by atoms with Crippen molar-refractivity contribution in [3.63, 3.8) is 0 Å². The first-order valence-corrected chi connectivity index (χ1v) is 7.39. The van der Waals surface area contributed by atoms with Gasteiger partial charge in [-0.2, -0.15) is 0 Å². The van der Waals surface area contributed by atoms with Crippen LogP contribution in [0.1, 0.15) is 37.8 Å². The van der Waals surface area contributed by atoms with E-state index < -0.39 is 0 Å². The first-order chi connectivity index (χ1) is 10.1. The summed E-state index contributed by atoms with van der Waals surface area (Å²) in [4.78, 5) is 14.2. The fraction of sp³-hybridized carbons (Fsp3) is 0.562. The molecule has 116 valence electrons. The van der Waals surface area contributed by atoms with Crippen LogP contribution in [0.25, 0.3) is 0 Å². The van der Waals surface area contributed by atoms with Gasteiger partial charge in [0.2, 0.25) is 5.91 Å². The molecule has 2 atom stereocenters. The molecule has 0 aliphatic carbocycles. The van der Waals surface area contributed by atoms with Gasteiger partial charge >= 0.3 is 0 Å². The number of benzene rings is 1. The van der Waals surface area contributed by atoms with E-state index in [2.05, 4.69) is 0 Å². The molecule has 1 fully saturated rings. The maximum absolute atomic E-state index is 12.3. The lowest BCUT2D eigenvalue weighted by Gasteiger charge is -2.34. The van der Waals surface area contributed by atoms with E-state index in [0.717, 1.165) is 29.9 Å². The highest BCUT2D eigenvalue weighted by molar-refractivity contribution is 5.77. The molecule has 2 unspecified atom stereocenters. The second-order valence-electron chi connectivity index (χ2n) is 5.29. The maximum atomic E-state index is 12.3. The predicted molar refractivity (Wildman–Crippen MR) is 81.5 cm³/mol. The quantitative estimate of drug-likeness (QED) is 0.923. The maximum Gasteiger partial charge on any atom is 0.223 e. The molecule has 1 amide bonds. The number of likely N-dealkylation sites (tertiary alicyclic amines) is 1. The topological polar surface area (TPSA) is 64.8 Å². The zero-order chi connectivity index (χ0) is 15.4. The Hall–Kier alpha value is -1.75. The number of methoxy groups -OCH3 is 2. The lowest BCUT2D eigenvalue weighted by Crippen LogP contribution is -2.42. The highest BCUT2D eigenvalue weighted by Gasteiger charge is 2.33. The van der Waals surface area contributed by atoms with Crippen LogP contribution in [0, 0.1) is 0 Å². The third-order valence-electron chi connectivity index (χ3n) is 4.09. The van der Waals surface area contributed by atoms with Crippen molar-refractivity contribution in [2.45, 2.75) is 38.3 Å². The molecule has 0 radical (unpaired) electrons. The zero-order valence-electron chi connectivity index (χ0n) is 13.0. The number of amides is 1. The molecule has 1 aliphatic heterocycles. The number of hydrogen-bond donors (Lipinski definition) is 1. The molecule has 0 spiro atoms. The molecule has 5 nitrogen and oxygen atoms in total. The zero-order valence-corrected chi connectivity index (χ0v) is 13.0. The van der Waals surface area contributed by atoms with Gasteiger partial charge in [0.15, 0.2) is 0 Å². The van der Waals surface area contributed by atoms with E-state index in [1.54, 1.807) is 14.2 Å². The van der Waals surface area contributed by atoms with Crippen molar-refractivity contribution in [1.29, 1.82) is 0 Å². The van der Waals surface area contributed by atoms with Gasteiger partial charge in [-0.15, -0.1) is 0 Å². The number of ether oxygens (including phenoxy) is 2. The molecule has 1 aromatic rings. The minimum atomic E-state index is -0.171. The SMILES string of the molecule is CCN1C(=O)CCCC(N)C1c1cc(OC)ccc1OC. The summed E-state index contributed by atoms with van der Waals surface area (Å²) >= 11 is 0. The molecule has 1 saturated heterocycles. The Morgan fingerprint density at radius 2 is 2.10 bits per heavy atom. The largest absolute Gasteiger partial charge is 0.497 e. The third kappa shape index (κ3) is 3.13. The van der Waals surface area contributed by atoms with Crippen LogP contribution in [0.4, 0.5) is 0 Å². The van der Waals surface area contributed by atoms with Crippen molar-refractivity contribution >= 4 is 5.91 Å². The summed E-state index contributed by atoms with van der Waals surface area (Å²) in [6, 6.07) is 5.37. The van der Waals surface area contributed by atoms with Gasteiger partial charge in [0.1, 0.15) is 11.5 Å². The van der Waals surface area contributed by atoms with E-state index in [0.29, 0.717) is 13.0 Å². The van der Waals surface area contributed by atoms with Gasteiger partial charge in [-0.1, -0.05) is 0 Å². The summed E-state index contributed by atoms with van der Waals surface area (Å²) in [7, 11) is 3.26. The molecule has 2 N–H and O–H groups in total. The Morgan fingerprint density at radius 3 is 2.71 bits per heavy atom. The van der Waals surface area contributed by atoms with Gasteiger partial charge in [-0.3, -0.25) is 4.79 Å². The Labute approximate surface area is 126 Å². The summed E-state index contributed by atoms with van der Waals surface area (Å²) < 4.78 is 10.8. The molecule has 0 bridgehead atoms. The molecule has 1 aromatic carbocycles. The van der Waals surface area contributed by atoms with E-state index in [4.69, 9.17) is 15.2 Å². The Kier molecular flexibility index (Phi) is 5.07. The van der Waals surface area contributed by atoms with Crippen molar-refractivity contribution in [3.8, 4) is 11.5 Å². The molecule has 2 rings (SSSR count). The van der Waals surface area contributed by atoms with Crippen molar-refractivity contribution in [2.24, 2.45) is 5.73 Å². The van der Waals surface area contributed by atoms with Crippen LogP contribution < -0.4 is 15.2 Å². The smallest absolute Gasteiger partial charge is 0.223 e. The Balaban J connectivity index is 2.50. The lowest BCUT2D eigenvalue weighted by atomic mass is 9.95. The van der Waals surface area contributed by atoms with Gasteiger partial charge in [0, 0.05) is 24.6 Å². The Morgan fingerprint density at radius 1 is 1.33 bits per heavy atom. The summed E-state index contributed by atoms with van der Waals surface area (Å²) in [6.07, 6.45) is 2.22. The highest BCUT2D eigenvalue weighted by atomic mass is 16.5. The van der Waals surface area contributed by atoms with Crippen LogP contribution in [0.2, 0.25) is 0 Å². The van der Waals surface area contributed by atoms with Crippen LogP contribution in [0.3, 0.4) is 0 Å². The van der Waals surface area contributed by atoms with Crippen molar-refractivity contribution < 1.29 is 14.3 Å². The van der Waals surface area contributed by atoms with Gasteiger partial charge in [0.25, 0.3) is 0 Å². The normalized spacial score (nSPS) is 22.9. The lowest BCUT2D eigenvalue weighted by molar-refractivity contribution is -0.133. The summed E-state index contributed by atoms with van der Waals surface area (Å²) in [5, 5.41) is 0. The summed E-state index contributed by atoms with van der Waals surface area (Å²) in [5.74, 6) is 1.63. The number of carbonyl (C=O) groups is 1. The minimum Gasteiger partial charge on any atom is -0.497 e. The minimum absolute atomic E-state index is 0.0996. The number of hydrogen-bond acceptors (Lipinski definition) is 4. The fourth-order valence-corrected chi connectivity index (χ4v) is 3.02. The Bertz CT molecular complexity index is 504.